The number of carbonyl (C=O) groups excluding carboxylic acids is 2. The first-order valence-corrected chi connectivity index (χ1v) is 9.45. The predicted molar refractivity (Wildman–Crippen MR) is 107 cm³/mol. The fourth-order valence-corrected chi connectivity index (χ4v) is 3.06. The Balaban J connectivity index is 1.29. The molecule has 9 nitrogen and oxygen atoms in total. The van der Waals surface area contributed by atoms with Gasteiger partial charge < -0.3 is 19.5 Å². The number of carbonyl (C=O) groups is 2. The van der Waals surface area contributed by atoms with Crippen LogP contribution in [-0.4, -0.2) is 40.0 Å². The Hall–Kier alpha value is -3.59. The second kappa shape index (κ2) is 8.83. The highest BCUT2D eigenvalue weighted by Gasteiger charge is 2.15. The minimum absolute atomic E-state index is 0.133. The lowest BCUT2D eigenvalue weighted by molar-refractivity contribution is -0.147. The minimum Gasteiger partial charge on any atom is -0.456 e. The number of hydrogen-bond acceptors (Lipinski definition) is 7. The number of nitrogens with zero attached hydrogens (tertiary/aromatic N) is 3. The zero-order chi connectivity index (χ0) is 20.9. The van der Waals surface area contributed by atoms with Crippen LogP contribution in [0.3, 0.4) is 0 Å². The topological polar surface area (TPSA) is 105 Å². The van der Waals surface area contributed by atoms with Crippen molar-refractivity contribution in [2.45, 2.75) is 12.8 Å². The highest BCUT2D eigenvalue weighted by Crippen LogP contribution is 2.32. The summed E-state index contributed by atoms with van der Waals surface area (Å²) in [5.41, 5.74) is 1.92. The van der Waals surface area contributed by atoms with Crippen molar-refractivity contribution in [2.75, 3.05) is 18.7 Å². The van der Waals surface area contributed by atoms with Crippen LogP contribution in [-0.2, 0) is 20.7 Å². The lowest BCUT2D eigenvalue weighted by atomic mass is 10.1. The zero-order valence-corrected chi connectivity index (χ0v) is 16.5. The van der Waals surface area contributed by atoms with Crippen LogP contribution in [0.25, 0.3) is 5.69 Å². The van der Waals surface area contributed by atoms with Gasteiger partial charge in [-0.1, -0.05) is 17.7 Å². The molecule has 30 heavy (non-hydrogen) atoms. The minimum atomic E-state index is -0.491. The van der Waals surface area contributed by atoms with Crippen molar-refractivity contribution in [3.63, 3.8) is 0 Å². The fraction of sp³-hybridized carbons (Fsp3) is 0.200. The highest BCUT2D eigenvalue weighted by molar-refractivity contribution is 6.31. The van der Waals surface area contributed by atoms with E-state index in [1.807, 2.05) is 12.1 Å². The van der Waals surface area contributed by atoms with Gasteiger partial charge in [0.15, 0.2) is 18.1 Å². The van der Waals surface area contributed by atoms with E-state index in [0.29, 0.717) is 34.3 Å². The zero-order valence-electron chi connectivity index (χ0n) is 15.7. The lowest BCUT2D eigenvalue weighted by Crippen LogP contribution is -2.22. The second-order valence-corrected chi connectivity index (χ2v) is 6.83. The van der Waals surface area contributed by atoms with E-state index in [1.165, 1.54) is 17.3 Å². The molecule has 10 heteroatoms. The molecule has 2 aromatic carbocycles. The molecule has 0 spiro atoms. The van der Waals surface area contributed by atoms with Gasteiger partial charge in [0.2, 0.25) is 6.79 Å². The van der Waals surface area contributed by atoms with Gasteiger partial charge in [0, 0.05) is 11.4 Å². The van der Waals surface area contributed by atoms with Crippen molar-refractivity contribution in [2.24, 2.45) is 0 Å². The Morgan fingerprint density at radius 1 is 1.17 bits per heavy atom. The molecule has 0 fully saturated rings. The Morgan fingerprint density at radius 2 is 2.03 bits per heavy atom. The Morgan fingerprint density at radius 3 is 2.87 bits per heavy atom. The molecule has 1 N–H and O–H groups in total. The van der Waals surface area contributed by atoms with Crippen LogP contribution in [0, 0.1) is 0 Å². The van der Waals surface area contributed by atoms with Gasteiger partial charge in [-0.15, -0.1) is 0 Å². The van der Waals surface area contributed by atoms with E-state index in [-0.39, 0.29) is 13.2 Å². The van der Waals surface area contributed by atoms with Gasteiger partial charge in [-0.05, 0) is 42.3 Å². The highest BCUT2D eigenvalue weighted by atomic mass is 35.5. The van der Waals surface area contributed by atoms with E-state index < -0.39 is 18.5 Å². The van der Waals surface area contributed by atoms with Crippen molar-refractivity contribution in [3.8, 4) is 17.2 Å². The molecule has 0 unspecified atom stereocenters. The van der Waals surface area contributed by atoms with Gasteiger partial charge in [-0.3, -0.25) is 9.59 Å². The molecular weight excluding hydrogens is 412 g/mol. The number of nitrogens with one attached hydrogen (secondary N) is 1. The summed E-state index contributed by atoms with van der Waals surface area (Å²) < 4.78 is 17.1. The lowest BCUT2D eigenvalue weighted by Gasteiger charge is -2.11. The maximum absolute atomic E-state index is 12.2. The van der Waals surface area contributed by atoms with Crippen molar-refractivity contribution in [1.82, 2.24) is 14.8 Å². The quantitative estimate of drug-likeness (QED) is 0.577. The molecule has 154 valence electrons. The molecule has 0 atom stereocenters. The molecule has 0 saturated carbocycles. The van der Waals surface area contributed by atoms with Gasteiger partial charge in [-0.2, -0.15) is 5.10 Å². The van der Waals surface area contributed by atoms with E-state index in [9.17, 15) is 9.59 Å². The predicted octanol–water partition coefficient (Wildman–Crippen LogP) is 2.76. The molecule has 4 rings (SSSR count). The molecule has 0 radical (unpaired) electrons. The normalized spacial score (nSPS) is 11.9. The molecule has 3 aromatic rings. The van der Waals surface area contributed by atoms with Gasteiger partial charge >= 0.3 is 5.97 Å². The third-order valence-electron chi connectivity index (χ3n) is 4.32. The van der Waals surface area contributed by atoms with E-state index in [2.05, 4.69) is 15.4 Å². The number of anilines is 1. The number of ether oxygens (including phenoxy) is 3. The van der Waals surface area contributed by atoms with Crippen LogP contribution >= 0.6 is 11.6 Å². The van der Waals surface area contributed by atoms with E-state index in [1.54, 1.807) is 24.3 Å². The fourth-order valence-electron chi connectivity index (χ4n) is 2.89. The number of benzene rings is 2. The molecule has 1 aromatic heterocycles. The molecule has 0 aliphatic carbocycles. The first-order valence-electron chi connectivity index (χ1n) is 9.07. The average molecular weight is 429 g/mol. The second-order valence-electron chi connectivity index (χ2n) is 6.40. The van der Waals surface area contributed by atoms with Crippen LogP contribution in [0.1, 0.15) is 12.0 Å². The van der Waals surface area contributed by atoms with Gasteiger partial charge in [0.1, 0.15) is 12.7 Å². The number of amides is 1. The summed E-state index contributed by atoms with van der Waals surface area (Å²) in [6.07, 6.45) is 3.47. The third kappa shape index (κ3) is 4.69. The van der Waals surface area contributed by atoms with Gasteiger partial charge in [0.25, 0.3) is 5.91 Å². The summed E-state index contributed by atoms with van der Waals surface area (Å²) in [7, 11) is 0. The maximum atomic E-state index is 12.2. The third-order valence-corrected chi connectivity index (χ3v) is 4.55. The van der Waals surface area contributed by atoms with E-state index in [0.717, 1.165) is 5.56 Å². The van der Waals surface area contributed by atoms with Crippen LogP contribution in [0.5, 0.6) is 11.5 Å². The standard InChI is InChI=1S/C20H17ClN4O5/c21-14-3-4-16(25-11-22-10-23-25)15(8-14)24-19(26)9-28-20(27)6-2-13-1-5-17-18(7-13)30-12-29-17/h1,3-5,7-8,10-11H,2,6,9,12H2,(H,24,26). The average Bonchev–Trinajstić information content (AvgIpc) is 3.42. The summed E-state index contributed by atoms with van der Waals surface area (Å²) in [5.74, 6) is 0.370. The number of fused-ring (bicyclic) bond motifs is 1. The van der Waals surface area contributed by atoms with Crippen LogP contribution in [0.15, 0.2) is 49.1 Å². The number of esters is 1. The summed E-state index contributed by atoms with van der Waals surface area (Å²) in [6.45, 7) is -0.218. The van der Waals surface area contributed by atoms with Crippen molar-refractivity contribution < 1.29 is 23.8 Å². The number of hydrogen-bond donors (Lipinski definition) is 1. The Kier molecular flexibility index (Phi) is 5.80. The van der Waals surface area contributed by atoms with Crippen molar-refractivity contribution >= 4 is 29.2 Å². The molecule has 2 heterocycles. The SMILES string of the molecule is O=C(COC(=O)CCc1ccc2c(c1)OCO2)Nc1cc(Cl)ccc1-n1cncn1. The maximum Gasteiger partial charge on any atom is 0.306 e. The van der Waals surface area contributed by atoms with E-state index >= 15 is 0 Å². The molecule has 0 saturated heterocycles. The molecule has 1 aliphatic rings. The first-order chi connectivity index (χ1) is 14.6. The Labute approximate surface area is 176 Å². The number of rotatable bonds is 7. The van der Waals surface area contributed by atoms with E-state index in [4.69, 9.17) is 25.8 Å². The monoisotopic (exact) mass is 428 g/mol. The summed E-state index contributed by atoms with van der Waals surface area (Å²) in [5, 5.41) is 7.16. The van der Waals surface area contributed by atoms with Crippen LogP contribution in [0.2, 0.25) is 5.02 Å². The first kappa shape index (κ1) is 19.7. The smallest absolute Gasteiger partial charge is 0.306 e. The number of aromatic nitrogens is 3. The molecule has 1 aliphatic heterocycles. The summed E-state index contributed by atoms with van der Waals surface area (Å²) >= 11 is 6.03. The molecular formula is C20H17ClN4O5. The molecule has 0 bridgehead atoms. The summed E-state index contributed by atoms with van der Waals surface area (Å²) in [6, 6.07) is 10.4. The number of aryl methyl sites for hydroxylation is 1. The van der Waals surface area contributed by atoms with Crippen LogP contribution < -0.4 is 14.8 Å². The number of halogens is 1. The molecule has 1 amide bonds. The largest absolute Gasteiger partial charge is 0.456 e. The van der Waals surface area contributed by atoms with Crippen molar-refractivity contribution in [1.29, 1.82) is 0 Å². The van der Waals surface area contributed by atoms with Gasteiger partial charge in [-0.25, -0.2) is 9.67 Å². The van der Waals surface area contributed by atoms with Gasteiger partial charge in [0.05, 0.1) is 11.4 Å². The Bertz CT molecular complexity index is 1070. The summed E-state index contributed by atoms with van der Waals surface area (Å²) in [4.78, 5) is 28.1. The van der Waals surface area contributed by atoms with Crippen LogP contribution in [0.4, 0.5) is 5.69 Å². The van der Waals surface area contributed by atoms with Crippen molar-refractivity contribution in [3.05, 3.63) is 59.6 Å².